The molecule has 2 saturated heterocycles. The second kappa shape index (κ2) is 8.52. The molecule has 2 aliphatic heterocycles. The van der Waals surface area contributed by atoms with Crippen molar-refractivity contribution in [1.82, 2.24) is 9.80 Å². The fraction of sp³-hybridized carbons (Fsp3) is 0.550. The lowest BCUT2D eigenvalue weighted by Gasteiger charge is -2.35. The van der Waals surface area contributed by atoms with Gasteiger partial charge in [0.05, 0.1) is 0 Å². The Bertz CT molecular complexity index is 696. The summed E-state index contributed by atoms with van der Waals surface area (Å²) in [5, 5.41) is 0. The van der Waals surface area contributed by atoms with Crippen LogP contribution in [0.4, 0.5) is 5.69 Å². The number of hydrogen-bond donors (Lipinski definition) is 1. The van der Waals surface area contributed by atoms with E-state index in [0.29, 0.717) is 26.1 Å². The topological polar surface area (TPSA) is 86.9 Å². The Morgan fingerprint density at radius 3 is 2.33 bits per heavy atom. The van der Waals surface area contributed by atoms with Gasteiger partial charge in [-0.25, -0.2) is 0 Å². The summed E-state index contributed by atoms with van der Waals surface area (Å²) in [6, 6.07) is 7.87. The number of anilines is 1. The molecule has 3 rings (SSSR count). The predicted molar refractivity (Wildman–Crippen MR) is 103 cm³/mol. The van der Waals surface area contributed by atoms with Crippen molar-refractivity contribution in [3.63, 3.8) is 0 Å². The van der Waals surface area contributed by atoms with Crippen LogP contribution in [-0.4, -0.2) is 66.8 Å². The van der Waals surface area contributed by atoms with Crippen LogP contribution < -0.4 is 10.6 Å². The third-order valence-corrected chi connectivity index (χ3v) is 5.55. The highest BCUT2D eigenvalue weighted by molar-refractivity contribution is 5.97. The maximum Gasteiger partial charge on any atom is 0.246 e. The van der Waals surface area contributed by atoms with Crippen molar-refractivity contribution in [1.29, 1.82) is 0 Å². The first-order valence-electron chi connectivity index (χ1n) is 9.60. The van der Waals surface area contributed by atoms with Gasteiger partial charge in [0, 0.05) is 37.7 Å². The fourth-order valence-corrected chi connectivity index (χ4v) is 3.74. The third-order valence-electron chi connectivity index (χ3n) is 5.55. The summed E-state index contributed by atoms with van der Waals surface area (Å²) < 4.78 is 0. The maximum absolute atomic E-state index is 12.5. The van der Waals surface area contributed by atoms with Crippen LogP contribution in [0.3, 0.4) is 0 Å². The van der Waals surface area contributed by atoms with Gasteiger partial charge >= 0.3 is 0 Å². The molecule has 1 aromatic carbocycles. The Morgan fingerprint density at radius 1 is 1.07 bits per heavy atom. The molecule has 0 bridgehead atoms. The molecule has 0 aliphatic carbocycles. The first-order valence-corrected chi connectivity index (χ1v) is 9.60. The van der Waals surface area contributed by atoms with Crippen LogP contribution in [0.15, 0.2) is 24.3 Å². The molecule has 146 valence electrons. The number of aryl methyl sites for hydroxylation is 1. The minimum absolute atomic E-state index is 0.0175. The monoisotopic (exact) mass is 372 g/mol. The summed E-state index contributed by atoms with van der Waals surface area (Å²) in [6.45, 7) is 5.48. The van der Waals surface area contributed by atoms with Crippen LogP contribution >= 0.6 is 0 Å². The average Bonchev–Trinajstić information content (AvgIpc) is 2.67. The molecule has 7 nitrogen and oxygen atoms in total. The molecular weight excluding hydrogens is 344 g/mol. The minimum atomic E-state index is -0.226. The van der Waals surface area contributed by atoms with Crippen LogP contribution in [-0.2, 0) is 14.4 Å². The number of piperazine rings is 1. The number of likely N-dealkylation sites (tertiary alicyclic amines) is 1. The molecule has 2 heterocycles. The van der Waals surface area contributed by atoms with Gasteiger partial charge in [0.1, 0.15) is 6.54 Å². The molecule has 2 fully saturated rings. The molecule has 0 saturated carbocycles. The molecular formula is C20H28N4O3. The Hall–Kier alpha value is -2.41. The van der Waals surface area contributed by atoms with E-state index >= 15 is 0 Å². The standard InChI is InChI=1S/C20H28N4O3/c1-15-2-4-17(5-3-15)24-13-12-23(14-19(24)26)18(25)8-11-22-9-6-16(7-10-22)20(21)27/h2-5,16H,6-14H2,1H3,(H2,21,27). The van der Waals surface area contributed by atoms with E-state index in [2.05, 4.69) is 4.90 Å². The number of amides is 3. The molecule has 2 aliphatic rings. The van der Waals surface area contributed by atoms with Crippen LogP contribution in [0.25, 0.3) is 0 Å². The molecule has 0 unspecified atom stereocenters. The van der Waals surface area contributed by atoms with E-state index < -0.39 is 0 Å². The number of rotatable bonds is 5. The predicted octanol–water partition coefficient (Wildman–Crippen LogP) is 0.758. The third kappa shape index (κ3) is 4.86. The van der Waals surface area contributed by atoms with Gasteiger partial charge in [0.15, 0.2) is 0 Å². The Balaban J connectivity index is 1.45. The van der Waals surface area contributed by atoms with Gasteiger partial charge in [0.25, 0.3) is 0 Å². The van der Waals surface area contributed by atoms with Crippen LogP contribution in [0.2, 0.25) is 0 Å². The Labute approximate surface area is 160 Å². The van der Waals surface area contributed by atoms with Gasteiger partial charge < -0.3 is 20.4 Å². The highest BCUT2D eigenvalue weighted by Crippen LogP contribution is 2.19. The average molecular weight is 372 g/mol. The van der Waals surface area contributed by atoms with Gasteiger partial charge in [-0.15, -0.1) is 0 Å². The normalized spacial score (nSPS) is 19.4. The number of piperidine rings is 1. The molecule has 27 heavy (non-hydrogen) atoms. The maximum atomic E-state index is 12.5. The molecule has 2 N–H and O–H groups in total. The van der Waals surface area contributed by atoms with Crippen molar-refractivity contribution < 1.29 is 14.4 Å². The summed E-state index contributed by atoms with van der Waals surface area (Å²) in [5.74, 6) is -0.287. The Kier molecular flexibility index (Phi) is 6.11. The van der Waals surface area contributed by atoms with Gasteiger partial charge in [-0.3, -0.25) is 14.4 Å². The molecule has 0 radical (unpaired) electrons. The largest absolute Gasteiger partial charge is 0.369 e. The first-order chi connectivity index (χ1) is 12.9. The highest BCUT2D eigenvalue weighted by Gasteiger charge is 2.29. The van der Waals surface area contributed by atoms with E-state index in [1.54, 1.807) is 9.80 Å². The van der Waals surface area contributed by atoms with Gasteiger partial charge in [0.2, 0.25) is 17.7 Å². The summed E-state index contributed by atoms with van der Waals surface area (Å²) in [4.78, 5) is 41.8. The smallest absolute Gasteiger partial charge is 0.246 e. The number of carbonyl (C=O) groups is 3. The van der Waals surface area contributed by atoms with E-state index in [-0.39, 0.29) is 30.2 Å². The summed E-state index contributed by atoms with van der Waals surface area (Å²) in [6.07, 6.45) is 1.92. The quantitative estimate of drug-likeness (QED) is 0.827. The zero-order valence-corrected chi connectivity index (χ0v) is 15.9. The zero-order chi connectivity index (χ0) is 19.4. The van der Waals surface area contributed by atoms with Crippen LogP contribution in [0.5, 0.6) is 0 Å². The lowest BCUT2D eigenvalue weighted by molar-refractivity contribution is -0.137. The molecule has 0 spiro atoms. The molecule has 3 amide bonds. The first kappa shape index (κ1) is 19.4. The van der Waals surface area contributed by atoms with Crippen LogP contribution in [0.1, 0.15) is 24.8 Å². The number of benzene rings is 1. The van der Waals surface area contributed by atoms with Crippen molar-refractivity contribution >= 4 is 23.4 Å². The van der Waals surface area contributed by atoms with Gasteiger partial charge in [-0.05, 0) is 45.0 Å². The summed E-state index contributed by atoms with van der Waals surface area (Å²) in [7, 11) is 0. The number of carbonyl (C=O) groups excluding carboxylic acids is 3. The molecule has 1 aromatic rings. The van der Waals surface area contributed by atoms with Crippen molar-refractivity contribution in [3.05, 3.63) is 29.8 Å². The lowest BCUT2D eigenvalue weighted by Crippen LogP contribution is -2.52. The van der Waals surface area contributed by atoms with E-state index in [1.165, 1.54) is 0 Å². The number of nitrogens with two attached hydrogens (primary N) is 1. The Morgan fingerprint density at radius 2 is 1.74 bits per heavy atom. The SMILES string of the molecule is Cc1ccc(N2CCN(C(=O)CCN3CCC(C(N)=O)CC3)CC2=O)cc1. The summed E-state index contributed by atoms with van der Waals surface area (Å²) in [5.41, 5.74) is 7.39. The number of nitrogens with zero attached hydrogens (tertiary/aromatic N) is 3. The molecule has 7 heteroatoms. The van der Waals surface area contributed by atoms with E-state index in [1.807, 2.05) is 31.2 Å². The number of primary amides is 1. The second-order valence-corrected chi connectivity index (χ2v) is 7.46. The second-order valence-electron chi connectivity index (χ2n) is 7.46. The van der Waals surface area contributed by atoms with Crippen molar-refractivity contribution in [3.8, 4) is 0 Å². The zero-order valence-electron chi connectivity index (χ0n) is 15.9. The van der Waals surface area contributed by atoms with Crippen molar-refractivity contribution in [2.75, 3.05) is 44.2 Å². The van der Waals surface area contributed by atoms with Crippen molar-refractivity contribution in [2.45, 2.75) is 26.2 Å². The molecule has 0 aromatic heterocycles. The van der Waals surface area contributed by atoms with E-state index in [9.17, 15) is 14.4 Å². The lowest BCUT2D eigenvalue weighted by atomic mass is 9.96. The highest BCUT2D eigenvalue weighted by atomic mass is 16.2. The molecule has 0 atom stereocenters. The fourth-order valence-electron chi connectivity index (χ4n) is 3.74. The number of hydrogen-bond acceptors (Lipinski definition) is 4. The van der Waals surface area contributed by atoms with Crippen LogP contribution in [0, 0.1) is 12.8 Å². The van der Waals surface area contributed by atoms with E-state index in [0.717, 1.165) is 37.2 Å². The summed E-state index contributed by atoms with van der Waals surface area (Å²) >= 11 is 0. The van der Waals surface area contributed by atoms with Crippen molar-refractivity contribution in [2.24, 2.45) is 11.7 Å². The van der Waals surface area contributed by atoms with Gasteiger partial charge in [-0.2, -0.15) is 0 Å². The van der Waals surface area contributed by atoms with E-state index in [4.69, 9.17) is 5.73 Å². The minimum Gasteiger partial charge on any atom is -0.369 e. The van der Waals surface area contributed by atoms with Gasteiger partial charge in [-0.1, -0.05) is 17.7 Å².